The molecule has 0 radical (unpaired) electrons. The van der Waals surface area contributed by atoms with Gasteiger partial charge in [-0.2, -0.15) is 0 Å². The molecule has 150 valence electrons. The number of allylic oxidation sites excluding steroid dienone is 1. The molecule has 6 aromatic rings. The van der Waals surface area contributed by atoms with Crippen LogP contribution in [0.15, 0.2) is 75.8 Å². The van der Waals surface area contributed by atoms with E-state index >= 15 is 0 Å². The van der Waals surface area contributed by atoms with Crippen molar-refractivity contribution < 1.29 is 19.0 Å². The molecule has 2 aromatic heterocycles. The lowest BCUT2D eigenvalue weighted by Gasteiger charge is -2.02. The predicted molar refractivity (Wildman–Crippen MR) is 127 cm³/mol. The summed E-state index contributed by atoms with van der Waals surface area (Å²) in [5.74, 6) is 0.457. The van der Waals surface area contributed by atoms with E-state index in [9.17, 15) is 10.2 Å². The van der Waals surface area contributed by atoms with Crippen LogP contribution in [0, 0.1) is 0 Å². The molecule has 0 saturated carbocycles. The Balaban J connectivity index is 1.67. The number of aromatic hydroxyl groups is 1. The summed E-state index contributed by atoms with van der Waals surface area (Å²) in [5, 5.41) is 25.4. The molecular formula is C27H18O4. The average Bonchev–Trinajstić information content (AvgIpc) is 3.25. The van der Waals surface area contributed by atoms with Crippen LogP contribution in [0.2, 0.25) is 0 Å². The van der Waals surface area contributed by atoms with Crippen molar-refractivity contribution in [2.75, 3.05) is 0 Å². The molecular weight excluding hydrogens is 388 g/mol. The number of furan rings is 2. The molecule has 4 nitrogen and oxygen atoms in total. The minimum Gasteiger partial charge on any atom is -0.513 e. The van der Waals surface area contributed by atoms with Crippen LogP contribution in [0.4, 0.5) is 0 Å². The summed E-state index contributed by atoms with van der Waals surface area (Å²) in [7, 11) is 0. The van der Waals surface area contributed by atoms with Crippen molar-refractivity contribution in [3.05, 3.63) is 78.1 Å². The molecule has 0 atom stereocenters. The largest absolute Gasteiger partial charge is 0.513 e. The van der Waals surface area contributed by atoms with Gasteiger partial charge in [-0.25, -0.2) is 0 Å². The standard InChI is InChI=1S/C27H18O4/c1-3-15-8-20-22-12-27-23(13-26(22)30-24(20)10-17(15)6-14(2)28)21-9-16-4-5-19(29)7-18(16)11-25(21)31-27/h3-13,28-29H,1H2,2H3/b14-6+. The zero-order valence-corrected chi connectivity index (χ0v) is 16.8. The Hall–Kier alpha value is -4.18. The highest BCUT2D eigenvalue weighted by molar-refractivity contribution is 6.17. The lowest BCUT2D eigenvalue weighted by Crippen LogP contribution is -1.82. The van der Waals surface area contributed by atoms with Gasteiger partial charge in [0, 0.05) is 21.5 Å². The minimum atomic E-state index is 0.225. The number of rotatable bonds is 2. The Morgan fingerprint density at radius 1 is 0.742 bits per heavy atom. The van der Waals surface area contributed by atoms with E-state index in [4.69, 9.17) is 8.83 Å². The summed E-state index contributed by atoms with van der Waals surface area (Å²) in [6, 6.07) is 17.3. The van der Waals surface area contributed by atoms with Crippen LogP contribution in [0.25, 0.3) is 66.8 Å². The van der Waals surface area contributed by atoms with E-state index in [0.717, 1.165) is 65.8 Å². The molecule has 31 heavy (non-hydrogen) atoms. The second-order valence-corrected chi connectivity index (χ2v) is 7.90. The molecule has 0 fully saturated rings. The van der Waals surface area contributed by atoms with Crippen molar-refractivity contribution in [3.8, 4) is 5.75 Å². The monoisotopic (exact) mass is 406 g/mol. The number of hydrogen-bond acceptors (Lipinski definition) is 4. The third kappa shape index (κ3) is 2.62. The average molecular weight is 406 g/mol. The van der Waals surface area contributed by atoms with Crippen molar-refractivity contribution in [1.82, 2.24) is 0 Å². The zero-order chi connectivity index (χ0) is 21.3. The van der Waals surface area contributed by atoms with Crippen LogP contribution < -0.4 is 0 Å². The summed E-state index contributed by atoms with van der Waals surface area (Å²) in [6.07, 6.45) is 3.47. The maximum absolute atomic E-state index is 9.79. The van der Waals surface area contributed by atoms with Crippen LogP contribution in [0.5, 0.6) is 5.75 Å². The van der Waals surface area contributed by atoms with Crippen molar-refractivity contribution in [1.29, 1.82) is 0 Å². The Bertz CT molecular complexity index is 1720. The van der Waals surface area contributed by atoms with Crippen molar-refractivity contribution in [2.24, 2.45) is 0 Å². The molecule has 0 saturated heterocycles. The normalized spacial score (nSPS) is 12.6. The van der Waals surface area contributed by atoms with Gasteiger partial charge in [0.05, 0.1) is 5.76 Å². The summed E-state index contributed by atoms with van der Waals surface area (Å²) < 4.78 is 12.4. The van der Waals surface area contributed by atoms with Gasteiger partial charge < -0.3 is 19.0 Å². The van der Waals surface area contributed by atoms with Crippen molar-refractivity contribution >= 4 is 66.8 Å². The first-order valence-corrected chi connectivity index (χ1v) is 9.99. The molecule has 2 N–H and O–H groups in total. The van der Waals surface area contributed by atoms with Gasteiger partial charge in [-0.1, -0.05) is 18.7 Å². The summed E-state index contributed by atoms with van der Waals surface area (Å²) in [4.78, 5) is 0. The molecule has 0 aliphatic heterocycles. The van der Waals surface area contributed by atoms with Gasteiger partial charge in [-0.05, 0) is 83.4 Å². The number of fused-ring (bicyclic) bond motifs is 7. The number of benzene rings is 4. The molecule has 0 aliphatic rings. The van der Waals surface area contributed by atoms with Crippen LogP contribution in [-0.4, -0.2) is 10.2 Å². The predicted octanol–water partition coefficient (Wildman–Crippen LogP) is 7.91. The molecule has 0 unspecified atom stereocenters. The minimum absolute atomic E-state index is 0.225. The number of phenols is 1. The van der Waals surface area contributed by atoms with Crippen LogP contribution >= 0.6 is 0 Å². The quantitative estimate of drug-likeness (QED) is 0.287. The van der Waals surface area contributed by atoms with Crippen molar-refractivity contribution in [2.45, 2.75) is 6.92 Å². The van der Waals surface area contributed by atoms with E-state index in [1.807, 2.05) is 36.4 Å². The zero-order valence-electron chi connectivity index (χ0n) is 16.8. The molecule has 4 aromatic carbocycles. The Labute approximate surface area is 176 Å². The van der Waals surface area contributed by atoms with Gasteiger partial charge in [0.1, 0.15) is 28.1 Å². The van der Waals surface area contributed by atoms with E-state index < -0.39 is 0 Å². The second-order valence-electron chi connectivity index (χ2n) is 7.90. The Kier molecular flexibility index (Phi) is 3.51. The van der Waals surface area contributed by atoms with Gasteiger partial charge in [-0.15, -0.1) is 0 Å². The third-order valence-electron chi connectivity index (χ3n) is 5.79. The van der Waals surface area contributed by atoms with Crippen molar-refractivity contribution in [3.63, 3.8) is 0 Å². The Morgan fingerprint density at radius 2 is 1.35 bits per heavy atom. The molecule has 6 rings (SSSR count). The van der Waals surface area contributed by atoms with Gasteiger partial charge in [-0.3, -0.25) is 0 Å². The van der Waals surface area contributed by atoms with E-state index in [0.29, 0.717) is 0 Å². The van der Waals surface area contributed by atoms with Crippen LogP contribution in [-0.2, 0) is 0 Å². The summed E-state index contributed by atoms with van der Waals surface area (Å²) in [6.45, 7) is 5.54. The van der Waals surface area contributed by atoms with Gasteiger partial charge in [0.2, 0.25) is 0 Å². The lowest BCUT2D eigenvalue weighted by atomic mass is 10.0. The summed E-state index contributed by atoms with van der Waals surface area (Å²) >= 11 is 0. The van der Waals surface area contributed by atoms with Gasteiger partial charge in [0.25, 0.3) is 0 Å². The van der Waals surface area contributed by atoms with Gasteiger partial charge >= 0.3 is 0 Å². The molecule has 0 spiro atoms. The first kappa shape index (κ1) is 17.7. The SMILES string of the molecule is C=Cc1cc2c(cc1/C=C(\C)O)oc1cc3c(cc12)oc1cc2cc(O)ccc2cc13. The summed E-state index contributed by atoms with van der Waals surface area (Å²) in [5.41, 5.74) is 4.83. The second kappa shape index (κ2) is 6.16. The van der Waals surface area contributed by atoms with E-state index in [1.54, 1.807) is 31.2 Å². The van der Waals surface area contributed by atoms with Crippen LogP contribution in [0.3, 0.4) is 0 Å². The first-order chi connectivity index (χ1) is 15.0. The number of hydrogen-bond donors (Lipinski definition) is 2. The number of aliphatic hydroxyl groups excluding tert-OH is 1. The highest BCUT2D eigenvalue weighted by atomic mass is 16.3. The first-order valence-electron chi connectivity index (χ1n) is 9.99. The molecule has 4 heteroatoms. The maximum atomic E-state index is 9.79. The maximum Gasteiger partial charge on any atom is 0.136 e. The highest BCUT2D eigenvalue weighted by Gasteiger charge is 2.15. The van der Waals surface area contributed by atoms with Crippen LogP contribution in [0.1, 0.15) is 18.1 Å². The fraction of sp³-hybridized carbons (Fsp3) is 0.0370. The molecule has 2 heterocycles. The lowest BCUT2D eigenvalue weighted by molar-refractivity contribution is 0.420. The third-order valence-corrected chi connectivity index (χ3v) is 5.79. The Morgan fingerprint density at radius 3 is 2.03 bits per heavy atom. The number of aliphatic hydroxyl groups is 1. The van der Waals surface area contributed by atoms with E-state index in [2.05, 4.69) is 12.6 Å². The topological polar surface area (TPSA) is 66.7 Å². The molecule has 0 bridgehead atoms. The fourth-order valence-corrected chi connectivity index (χ4v) is 4.38. The fourth-order valence-electron chi connectivity index (χ4n) is 4.38. The number of phenolic OH excluding ortho intramolecular Hbond substituents is 1. The molecule has 0 amide bonds. The molecule has 0 aliphatic carbocycles. The highest BCUT2D eigenvalue weighted by Crippen LogP contribution is 2.39. The van der Waals surface area contributed by atoms with Gasteiger partial charge in [0.15, 0.2) is 0 Å². The van der Waals surface area contributed by atoms with E-state index in [1.165, 1.54) is 0 Å². The van der Waals surface area contributed by atoms with E-state index in [-0.39, 0.29) is 11.5 Å². The smallest absolute Gasteiger partial charge is 0.136 e.